The normalized spacial score (nSPS) is 14.3. The number of halogens is 1. The summed E-state index contributed by atoms with van der Waals surface area (Å²) in [4.78, 5) is 3.97. The van der Waals surface area contributed by atoms with E-state index in [0.717, 1.165) is 48.8 Å². The van der Waals surface area contributed by atoms with E-state index in [-0.39, 0.29) is 0 Å². The molecule has 0 spiro atoms. The number of rotatable bonds is 10. The fourth-order valence-electron chi connectivity index (χ4n) is 3.87. The van der Waals surface area contributed by atoms with E-state index in [4.69, 9.17) is 11.6 Å². The fraction of sp³-hybridized carbons (Fsp3) is 0.226. The van der Waals surface area contributed by atoms with Crippen LogP contribution in [0.3, 0.4) is 0 Å². The number of aryl methyl sites for hydroxylation is 1. The Labute approximate surface area is 241 Å². The van der Waals surface area contributed by atoms with Crippen LogP contribution in [-0.2, 0) is 13.0 Å². The molecule has 1 aliphatic rings. The van der Waals surface area contributed by atoms with Crippen molar-refractivity contribution < 1.29 is 9.58 Å². The highest BCUT2D eigenvalue weighted by atomic mass is 35.5. The molecule has 4 aromatic rings. The van der Waals surface area contributed by atoms with E-state index in [1.54, 1.807) is 12.4 Å². The molecule has 0 saturated carbocycles. The summed E-state index contributed by atoms with van der Waals surface area (Å²) < 4.78 is 2.14. The van der Waals surface area contributed by atoms with Crippen LogP contribution in [0.5, 0.6) is 0 Å². The lowest BCUT2D eigenvalue weighted by Gasteiger charge is -2.32. The number of aromatic nitrogens is 2. The van der Waals surface area contributed by atoms with Gasteiger partial charge in [0.25, 0.3) is 0 Å². The van der Waals surface area contributed by atoms with Gasteiger partial charge in [0.05, 0.1) is 17.6 Å². The second-order valence-corrected chi connectivity index (χ2v) is 9.59. The van der Waals surface area contributed by atoms with Crippen molar-refractivity contribution in [2.24, 2.45) is 20.5 Å². The van der Waals surface area contributed by atoms with Crippen molar-refractivity contribution in [2.45, 2.75) is 33.2 Å². The van der Waals surface area contributed by atoms with Gasteiger partial charge in [-0.15, -0.1) is 10.2 Å². The van der Waals surface area contributed by atoms with Gasteiger partial charge in [0, 0.05) is 17.3 Å². The first kappa shape index (κ1) is 28.7. The Morgan fingerprint density at radius 1 is 0.825 bits per heavy atom. The third kappa shape index (κ3) is 9.18. The summed E-state index contributed by atoms with van der Waals surface area (Å²) in [6.07, 6.45) is 14.1. The minimum atomic E-state index is 0.700. The van der Waals surface area contributed by atoms with Crippen molar-refractivity contribution in [3.05, 3.63) is 121 Å². The molecule has 3 heterocycles. The number of pyridine rings is 2. The van der Waals surface area contributed by atoms with Crippen LogP contribution in [0.25, 0.3) is 0 Å². The summed E-state index contributed by atoms with van der Waals surface area (Å²) in [5.41, 5.74) is 4.56. The van der Waals surface area contributed by atoms with Gasteiger partial charge in [-0.2, -0.15) is 10.2 Å². The Hall–Kier alpha value is -4.27. The third-order valence-corrected chi connectivity index (χ3v) is 6.39. The molecule has 0 bridgehead atoms. The van der Waals surface area contributed by atoms with Crippen LogP contribution in [-0.4, -0.2) is 23.1 Å². The van der Waals surface area contributed by atoms with Gasteiger partial charge in [-0.25, -0.2) is 14.6 Å². The Morgan fingerprint density at radius 3 is 2.12 bits per heavy atom. The molecule has 2 aromatic carbocycles. The topological polar surface area (TPSA) is 73.9 Å². The molecule has 0 amide bonds. The Balaban J connectivity index is 0.000000201. The van der Waals surface area contributed by atoms with Gasteiger partial charge >= 0.3 is 0 Å². The quantitative estimate of drug-likeness (QED) is 0.168. The number of hydrogen-bond acceptors (Lipinski definition) is 6. The van der Waals surface area contributed by atoms with E-state index in [1.807, 2.05) is 66.9 Å². The van der Waals surface area contributed by atoms with E-state index in [1.165, 1.54) is 17.0 Å². The van der Waals surface area contributed by atoms with Gasteiger partial charge in [0.1, 0.15) is 36.9 Å². The summed E-state index contributed by atoms with van der Waals surface area (Å²) in [5, 5.41) is 21.2. The number of nitrogens with zero attached hydrogens (tertiary/aromatic N) is 7. The third-order valence-electron chi connectivity index (χ3n) is 6.14. The molecule has 2 aromatic heterocycles. The first-order chi connectivity index (χ1) is 19.6. The maximum absolute atomic E-state index is 5.87. The summed E-state index contributed by atoms with van der Waals surface area (Å²) in [5.74, 6) is 0. The Kier molecular flexibility index (Phi) is 11.0. The smallest absolute Gasteiger partial charge is 0.196 e. The van der Waals surface area contributed by atoms with Gasteiger partial charge in [0.2, 0.25) is 0 Å². The minimum Gasteiger partial charge on any atom is -0.262 e. The van der Waals surface area contributed by atoms with Crippen molar-refractivity contribution in [1.29, 1.82) is 0 Å². The first-order valence-electron chi connectivity index (χ1n) is 13.5. The zero-order valence-electron chi connectivity index (χ0n) is 22.9. The van der Waals surface area contributed by atoms with Crippen LogP contribution in [0.15, 0.2) is 130 Å². The molecule has 9 heteroatoms. The highest BCUT2D eigenvalue weighted by Crippen LogP contribution is 2.19. The van der Waals surface area contributed by atoms with Crippen molar-refractivity contribution in [3.63, 3.8) is 0 Å². The van der Waals surface area contributed by atoms with Gasteiger partial charge in [-0.05, 0) is 73.0 Å². The van der Waals surface area contributed by atoms with Gasteiger partial charge in [-0.3, -0.25) is 4.98 Å². The zero-order valence-corrected chi connectivity index (χ0v) is 23.7. The van der Waals surface area contributed by atoms with Crippen molar-refractivity contribution in [1.82, 2.24) is 9.99 Å². The van der Waals surface area contributed by atoms with Crippen LogP contribution >= 0.6 is 11.6 Å². The van der Waals surface area contributed by atoms with Gasteiger partial charge in [0.15, 0.2) is 18.9 Å². The molecule has 0 saturated heterocycles. The van der Waals surface area contributed by atoms with E-state index < -0.39 is 0 Å². The molecule has 1 aliphatic heterocycles. The number of hydrogen-bond donors (Lipinski definition) is 1. The molecule has 1 unspecified atom stereocenters. The van der Waals surface area contributed by atoms with Crippen LogP contribution in [0, 0.1) is 0 Å². The van der Waals surface area contributed by atoms with E-state index in [2.05, 4.69) is 79.6 Å². The Bertz CT molecular complexity index is 1400. The van der Waals surface area contributed by atoms with Gasteiger partial charge < -0.3 is 0 Å². The van der Waals surface area contributed by atoms with E-state index in [0.29, 0.717) is 5.02 Å². The molecule has 204 valence electrons. The SMILES string of the molecule is CCC[NH+]1C=CN1CC[n+]1cccc(N=Nc2ccc(Cl)cc2)c1.CCc1ccc(N=Nc2cccnc2)cc1. The van der Waals surface area contributed by atoms with Gasteiger partial charge in [-0.1, -0.05) is 37.6 Å². The predicted molar refractivity (Wildman–Crippen MR) is 158 cm³/mol. The van der Waals surface area contributed by atoms with Crippen molar-refractivity contribution in [2.75, 3.05) is 13.1 Å². The van der Waals surface area contributed by atoms with Crippen molar-refractivity contribution in [3.8, 4) is 0 Å². The molecule has 0 radical (unpaired) electrons. The molecule has 1 N–H and O–H groups in total. The first-order valence-corrected chi connectivity index (χ1v) is 13.9. The van der Waals surface area contributed by atoms with Crippen molar-refractivity contribution >= 4 is 34.4 Å². The summed E-state index contributed by atoms with van der Waals surface area (Å²) in [6, 6.07) is 23.1. The number of benzene rings is 2. The number of azo groups is 2. The monoisotopic (exact) mass is 554 g/mol. The summed E-state index contributed by atoms with van der Waals surface area (Å²) in [7, 11) is 0. The largest absolute Gasteiger partial charge is 0.262 e. The maximum atomic E-state index is 5.87. The molecule has 1 atom stereocenters. The predicted octanol–water partition coefficient (Wildman–Crippen LogP) is 7.10. The van der Waals surface area contributed by atoms with E-state index in [9.17, 15) is 0 Å². The van der Waals surface area contributed by atoms with Crippen LogP contribution in [0.4, 0.5) is 22.7 Å². The minimum absolute atomic E-state index is 0.700. The standard InChI is InChI=1S/C18H21ClN5.C13H13N3/c1-2-9-23-13-14-24(23)12-11-22-10-3-4-18(15-22)21-20-17-7-5-16(19)6-8-17;1-2-11-5-7-12(8-6-11)15-16-13-4-3-9-14-10-13/h3-8,10,13-15H,2,9,11-12H2,1H3;3-10H,2H2,1H3/q+1;/p+1. The maximum Gasteiger partial charge on any atom is 0.196 e. The molecule has 40 heavy (non-hydrogen) atoms. The zero-order chi connectivity index (χ0) is 28.0. The molecule has 0 aliphatic carbocycles. The average Bonchev–Trinajstić information content (AvgIpc) is 2.99. The number of quaternary nitrogens is 1. The van der Waals surface area contributed by atoms with E-state index >= 15 is 0 Å². The van der Waals surface area contributed by atoms with Crippen LogP contribution in [0.2, 0.25) is 5.02 Å². The molecule has 5 rings (SSSR count). The molecular weight excluding hydrogens is 520 g/mol. The second-order valence-electron chi connectivity index (χ2n) is 9.16. The van der Waals surface area contributed by atoms with Crippen LogP contribution in [0.1, 0.15) is 25.8 Å². The molecule has 8 nitrogen and oxygen atoms in total. The molecule has 0 fully saturated rings. The molecular formula is C31H35ClN8+2. The highest BCUT2D eigenvalue weighted by molar-refractivity contribution is 6.30. The van der Waals surface area contributed by atoms with Crippen LogP contribution < -0.4 is 9.58 Å². The Morgan fingerprint density at radius 2 is 1.50 bits per heavy atom. The summed E-state index contributed by atoms with van der Waals surface area (Å²) >= 11 is 5.87. The summed E-state index contributed by atoms with van der Waals surface area (Å²) in [6.45, 7) is 7.39. The fourth-order valence-corrected chi connectivity index (χ4v) is 3.99. The lowest BCUT2D eigenvalue weighted by molar-refractivity contribution is -0.987. The lowest BCUT2D eigenvalue weighted by Crippen LogP contribution is -3.17. The lowest BCUT2D eigenvalue weighted by atomic mass is 10.2. The average molecular weight is 555 g/mol. The second kappa shape index (κ2) is 15.4. The highest BCUT2D eigenvalue weighted by Gasteiger charge is 2.22. The number of nitrogens with one attached hydrogen (secondary N) is 1.